The van der Waals surface area contributed by atoms with Gasteiger partial charge < -0.3 is 15.1 Å². The number of rotatable bonds is 2. The predicted molar refractivity (Wildman–Crippen MR) is 78.2 cm³/mol. The third kappa shape index (κ3) is 3.14. The third-order valence-electron chi connectivity index (χ3n) is 4.38. The highest BCUT2D eigenvalue weighted by atomic mass is 16.2. The van der Waals surface area contributed by atoms with Gasteiger partial charge in [0.25, 0.3) is 0 Å². The first-order valence-corrected chi connectivity index (χ1v) is 7.65. The van der Waals surface area contributed by atoms with Crippen molar-refractivity contribution in [3.05, 3.63) is 0 Å². The summed E-state index contributed by atoms with van der Waals surface area (Å²) in [7, 11) is 0. The van der Waals surface area contributed by atoms with Crippen molar-refractivity contribution in [2.24, 2.45) is 5.41 Å². The maximum Gasteiger partial charge on any atom is 0.246 e. The second-order valence-electron chi connectivity index (χ2n) is 7.02. The molecule has 0 aliphatic carbocycles. The van der Waals surface area contributed by atoms with E-state index in [0.717, 1.165) is 32.5 Å². The van der Waals surface area contributed by atoms with Crippen molar-refractivity contribution in [3.63, 3.8) is 0 Å². The van der Waals surface area contributed by atoms with E-state index in [1.54, 1.807) is 0 Å². The first-order valence-electron chi connectivity index (χ1n) is 7.65. The molecule has 0 saturated carbocycles. The number of likely N-dealkylation sites (N-methyl/N-ethyl adjacent to an activating group) is 1. The molecule has 1 N–H and O–H groups in total. The van der Waals surface area contributed by atoms with Crippen LogP contribution in [0.1, 0.15) is 40.5 Å². The van der Waals surface area contributed by atoms with Crippen molar-refractivity contribution < 1.29 is 9.59 Å². The second-order valence-corrected chi connectivity index (χ2v) is 7.02. The van der Waals surface area contributed by atoms with Gasteiger partial charge >= 0.3 is 0 Å². The summed E-state index contributed by atoms with van der Waals surface area (Å²) in [6.07, 6.45) is 2.11. The molecule has 0 aromatic heterocycles. The van der Waals surface area contributed by atoms with E-state index in [-0.39, 0.29) is 29.8 Å². The van der Waals surface area contributed by atoms with Gasteiger partial charge in [0.05, 0.1) is 6.54 Å². The Balaban J connectivity index is 2.13. The molecule has 0 radical (unpaired) electrons. The number of hydrogen-bond acceptors (Lipinski definition) is 3. The van der Waals surface area contributed by atoms with Crippen LogP contribution in [-0.2, 0) is 9.59 Å². The van der Waals surface area contributed by atoms with Crippen LogP contribution in [0.15, 0.2) is 0 Å². The number of carbonyl (C=O) groups is 2. The average molecular weight is 281 g/mol. The highest BCUT2D eigenvalue weighted by Crippen LogP contribution is 2.26. The van der Waals surface area contributed by atoms with Gasteiger partial charge in [-0.2, -0.15) is 0 Å². The number of piperidine rings is 1. The van der Waals surface area contributed by atoms with Crippen LogP contribution in [0.4, 0.5) is 0 Å². The van der Waals surface area contributed by atoms with E-state index in [1.165, 1.54) is 0 Å². The van der Waals surface area contributed by atoms with Gasteiger partial charge in [-0.3, -0.25) is 9.59 Å². The standard InChI is InChI=1S/C15H27N3O2/c1-5-17-8-6-7-11(9-17)18-10-12(19)16-13(14(18)20)15(2,3)4/h11,13H,5-10H2,1-4H3,(H,16,19). The van der Waals surface area contributed by atoms with Gasteiger partial charge in [0.15, 0.2) is 0 Å². The van der Waals surface area contributed by atoms with Gasteiger partial charge in [-0.05, 0) is 31.3 Å². The Bertz CT molecular complexity index is 389. The van der Waals surface area contributed by atoms with Gasteiger partial charge in [0.2, 0.25) is 11.8 Å². The number of nitrogens with zero attached hydrogens (tertiary/aromatic N) is 2. The smallest absolute Gasteiger partial charge is 0.246 e. The molecule has 2 fully saturated rings. The molecule has 114 valence electrons. The third-order valence-corrected chi connectivity index (χ3v) is 4.38. The Labute approximate surface area is 121 Å². The summed E-state index contributed by atoms with van der Waals surface area (Å²) in [6.45, 7) is 11.4. The van der Waals surface area contributed by atoms with Crippen molar-refractivity contribution >= 4 is 11.8 Å². The van der Waals surface area contributed by atoms with Crippen LogP contribution < -0.4 is 5.32 Å². The zero-order chi connectivity index (χ0) is 14.9. The van der Waals surface area contributed by atoms with E-state index in [1.807, 2.05) is 25.7 Å². The fraction of sp³-hybridized carbons (Fsp3) is 0.867. The SMILES string of the molecule is CCN1CCCC(N2CC(=O)NC(C(C)(C)C)C2=O)C1. The van der Waals surface area contributed by atoms with E-state index < -0.39 is 6.04 Å². The normalized spacial score (nSPS) is 29.5. The van der Waals surface area contributed by atoms with Crippen molar-refractivity contribution in [1.82, 2.24) is 15.1 Å². The molecule has 2 aliphatic heterocycles. The van der Waals surface area contributed by atoms with E-state index >= 15 is 0 Å². The van der Waals surface area contributed by atoms with Crippen LogP contribution in [0.3, 0.4) is 0 Å². The van der Waals surface area contributed by atoms with Gasteiger partial charge in [-0.25, -0.2) is 0 Å². The minimum Gasteiger partial charge on any atom is -0.342 e. The van der Waals surface area contributed by atoms with Crippen LogP contribution in [0.25, 0.3) is 0 Å². The number of nitrogens with one attached hydrogen (secondary N) is 1. The number of amides is 2. The number of piperazine rings is 1. The molecule has 2 saturated heterocycles. The largest absolute Gasteiger partial charge is 0.342 e. The monoisotopic (exact) mass is 281 g/mol. The molecule has 0 aromatic rings. The lowest BCUT2D eigenvalue weighted by atomic mass is 9.84. The summed E-state index contributed by atoms with van der Waals surface area (Å²) in [5, 5.41) is 2.86. The highest BCUT2D eigenvalue weighted by Gasteiger charge is 2.42. The number of hydrogen-bond donors (Lipinski definition) is 1. The Morgan fingerprint density at radius 2 is 2.00 bits per heavy atom. The van der Waals surface area contributed by atoms with Gasteiger partial charge in [-0.15, -0.1) is 0 Å². The topological polar surface area (TPSA) is 52.6 Å². The molecule has 2 rings (SSSR count). The fourth-order valence-electron chi connectivity index (χ4n) is 3.14. The van der Waals surface area contributed by atoms with E-state index in [0.29, 0.717) is 0 Å². The summed E-state index contributed by atoms with van der Waals surface area (Å²) in [5.41, 5.74) is -0.246. The lowest BCUT2D eigenvalue weighted by molar-refractivity contribution is -0.150. The van der Waals surface area contributed by atoms with Gasteiger partial charge in [0.1, 0.15) is 6.04 Å². The first kappa shape index (κ1) is 15.3. The van der Waals surface area contributed by atoms with Crippen molar-refractivity contribution in [3.8, 4) is 0 Å². The fourth-order valence-corrected chi connectivity index (χ4v) is 3.14. The van der Waals surface area contributed by atoms with Crippen LogP contribution in [-0.4, -0.2) is 59.9 Å². The van der Waals surface area contributed by atoms with Crippen LogP contribution in [0.2, 0.25) is 0 Å². The molecule has 5 heteroatoms. The minimum atomic E-state index is -0.402. The van der Waals surface area contributed by atoms with Crippen LogP contribution in [0.5, 0.6) is 0 Å². The number of likely N-dealkylation sites (tertiary alicyclic amines) is 1. The van der Waals surface area contributed by atoms with E-state index in [9.17, 15) is 9.59 Å². The second kappa shape index (κ2) is 5.72. The summed E-state index contributed by atoms with van der Waals surface area (Å²) in [4.78, 5) is 28.8. The molecular formula is C15H27N3O2. The maximum absolute atomic E-state index is 12.7. The quantitative estimate of drug-likeness (QED) is 0.816. The number of carbonyl (C=O) groups excluding carboxylic acids is 2. The molecular weight excluding hydrogens is 254 g/mol. The molecule has 20 heavy (non-hydrogen) atoms. The lowest BCUT2D eigenvalue weighted by Gasteiger charge is -2.45. The summed E-state index contributed by atoms with van der Waals surface area (Å²) in [5.74, 6) is 0.0539. The summed E-state index contributed by atoms with van der Waals surface area (Å²) < 4.78 is 0. The summed E-state index contributed by atoms with van der Waals surface area (Å²) in [6, 6.07) is -0.215. The Hall–Kier alpha value is -1.10. The molecule has 2 heterocycles. The molecule has 2 amide bonds. The molecule has 0 aromatic carbocycles. The first-order chi connectivity index (χ1) is 9.32. The van der Waals surface area contributed by atoms with Crippen LogP contribution in [0, 0.1) is 5.41 Å². The molecule has 2 unspecified atom stereocenters. The lowest BCUT2D eigenvalue weighted by Crippen LogP contribution is -2.65. The van der Waals surface area contributed by atoms with E-state index in [2.05, 4.69) is 17.1 Å². The summed E-state index contributed by atoms with van der Waals surface area (Å²) >= 11 is 0. The molecule has 2 aliphatic rings. The highest BCUT2D eigenvalue weighted by molar-refractivity contribution is 5.95. The molecule has 0 spiro atoms. The molecule has 0 bridgehead atoms. The minimum absolute atomic E-state index is 0.0295. The van der Waals surface area contributed by atoms with Gasteiger partial charge in [0, 0.05) is 12.6 Å². The van der Waals surface area contributed by atoms with Gasteiger partial charge in [-0.1, -0.05) is 27.7 Å². The van der Waals surface area contributed by atoms with Crippen molar-refractivity contribution in [2.45, 2.75) is 52.6 Å². The zero-order valence-corrected chi connectivity index (χ0v) is 13.1. The average Bonchev–Trinajstić information content (AvgIpc) is 2.40. The predicted octanol–water partition coefficient (Wildman–Crippen LogP) is 0.844. The Kier molecular flexibility index (Phi) is 4.37. The van der Waals surface area contributed by atoms with Crippen molar-refractivity contribution in [2.75, 3.05) is 26.2 Å². The molecule has 5 nitrogen and oxygen atoms in total. The van der Waals surface area contributed by atoms with Crippen LogP contribution >= 0.6 is 0 Å². The Morgan fingerprint density at radius 3 is 2.60 bits per heavy atom. The van der Waals surface area contributed by atoms with Crippen molar-refractivity contribution in [1.29, 1.82) is 0 Å². The maximum atomic E-state index is 12.7. The molecule has 2 atom stereocenters. The van der Waals surface area contributed by atoms with E-state index in [4.69, 9.17) is 0 Å². The Morgan fingerprint density at radius 1 is 1.30 bits per heavy atom. The zero-order valence-electron chi connectivity index (χ0n) is 13.1.